The van der Waals surface area contributed by atoms with Crippen LogP contribution < -0.4 is 34.7 Å². The van der Waals surface area contributed by atoms with Gasteiger partial charge in [-0.25, -0.2) is 4.79 Å². The summed E-state index contributed by atoms with van der Waals surface area (Å²) in [5.41, 5.74) is -0.449. The molecule has 0 bridgehead atoms. The second-order valence-corrected chi connectivity index (χ2v) is 12.0. The van der Waals surface area contributed by atoms with Gasteiger partial charge in [0.2, 0.25) is 0 Å². The number of carboxylic acids is 1. The van der Waals surface area contributed by atoms with E-state index in [1.807, 2.05) is 0 Å². The molecule has 1 aromatic rings. The molecule has 0 unspecified atom stereocenters. The number of carboxylic acid groups (broad SMARTS) is 1. The number of benzene rings is 1. The SMILES string of the molecule is CCCCCCCC(=O)OC(=O)c1ccccc1C(=O)[O-].CCCCCCC[C](=O)[Na].CCCCC[C](=O)[Na].[Na+]. The molecule has 1 aromatic carbocycles. The molecule has 0 amide bonds. The van der Waals surface area contributed by atoms with E-state index in [4.69, 9.17) is 0 Å². The number of rotatable bonds is 18. The summed E-state index contributed by atoms with van der Waals surface area (Å²) in [7, 11) is 0. The molecule has 0 aliphatic rings. The molecule has 10 heteroatoms. The summed E-state index contributed by atoms with van der Waals surface area (Å²) in [6, 6.07) is 5.50. The number of unbranched alkanes of at least 4 members (excludes halogenated alkanes) is 10. The van der Waals surface area contributed by atoms with Crippen molar-refractivity contribution >= 4 is 79.8 Å². The molecule has 0 fully saturated rings. The Labute approximate surface area is 298 Å². The van der Waals surface area contributed by atoms with Crippen LogP contribution in [0.1, 0.15) is 144 Å². The molecular formula is C30H45Na3O7. The summed E-state index contributed by atoms with van der Waals surface area (Å²) in [4.78, 5) is 55.1. The van der Waals surface area contributed by atoms with Crippen molar-refractivity contribution in [1.29, 1.82) is 0 Å². The molecule has 210 valence electrons. The van der Waals surface area contributed by atoms with Gasteiger partial charge < -0.3 is 14.6 Å². The van der Waals surface area contributed by atoms with Crippen LogP contribution in [0.25, 0.3) is 0 Å². The van der Waals surface area contributed by atoms with Gasteiger partial charge in [-0.15, -0.1) is 0 Å². The Morgan fingerprint density at radius 3 is 1.43 bits per heavy atom. The van der Waals surface area contributed by atoms with Crippen molar-refractivity contribution in [2.24, 2.45) is 0 Å². The van der Waals surface area contributed by atoms with Crippen LogP contribution in [0.15, 0.2) is 24.3 Å². The number of hydrogen-bond donors (Lipinski definition) is 0. The van der Waals surface area contributed by atoms with E-state index in [-0.39, 0.29) is 47.1 Å². The minimum absolute atomic E-state index is 0. The number of carbonyl (C=O) groups excluding carboxylic acids is 5. The van der Waals surface area contributed by atoms with Gasteiger partial charge in [-0.05, 0) is 12.5 Å². The normalized spacial score (nSPS) is 9.68. The Bertz CT molecular complexity index is 844. The number of hydrogen-bond acceptors (Lipinski definition) is 7. The maximum Gasteiger partial charge on any atom is 1.00 e. The maximum absolute atomic E-state index is 11.8. The van der Waals surface area contributed by atoms with Crippen LogP contribution in [0, 0.1) is 0 Å². The fraction of sp³-hybridized carbons (Fsp3) is 0.633. The topological polar surface area (TPSA) is 118 Å². The Kier molecular flexibility index (Phi) is 35.8. The standard InChI is InChI=1S/C16H20O5.C8H15O.C6H11O.3Na/c1-2-3-4-5-6-11-14(17)21-16(20)13-10-8-7-9-12(13)15(18)19;1-2-3-4-5-6-7-8-9;1-2-3-4-5-6-7;;;/h7-10H,2-6,11H2,1H3,(H,18,19);2-7H2,1H3;2-5H2,1H3;;;/q;;;;;+1/p-1. The molecule has 7 nitrogen and oxygen atoms in total. The first-order valence-electron chi connectivity index (χ1n) is 14.6. The molecule has 0 aliphatic carbocycles. The van der Waals surface area contributed by atoms with Gasteiger partial charge >= 0.3 is 191 Å². The van der Waals surface area contributed by atoms with Crippen molar-refractivity contribution in [3.63, 3.8) is 0 Å². The summed E-state index contributed by atoms with van der Waals surface area (Å²) in [5.74, 6) is -3.06. The van der Waals surface area contributed by atoms with Gasteiger partial charge in [0.05, 0.1) is 11.5 Å². The first-order valence-corrected chi connectivity index (χ1v) is 16.6. The third-order valence-electron chi connectivity index (χ3n) is 5.82. The van der Waals surface area contributed by atoms with Gasteiger partial charge in [0.1, 0.15) is 0 Å². The van der Waals surface area contributed by atoms with Gasteiger partial charge in [0.25, 0.3) is 0 Å². The van der Waals surface area contributed by atoms with E-state index >= 15 is 0 Å². The zero-order valence-electron chi connectivity index (χ0n) is 26.0. The fourth-order valence-corrected chi connectivity index (χ4v) is 4.23. The van der Waals surface area contributed by atoms with Gasteiger partial charge in [-0.2, -0.15) is 0 Å². The zero-order chi connectivity index (χ0) is 29.9. The Balaban J connectivity index is -0.000000601. The van der Waals surface area contributed by atoms with Crippen LogP contribution >= 0.6 is 0 Å². The molecule has 0 aliphatic heterocycles. The van der Waals surface area contributed by atoms with E-state index in [9.17, 15) is 29.1 Å². The molecular weight excluding hydrogens is 541 g/mol. The van der Waals surface area contributed by atoms with Crippen LogP contribution in [0.3, 0.4) is 0 Å². The van der Waals surface area contributed by atoms with Crippen LogP contribution in [0.2, 0.25) is 0 Å². The van der Waals surface area contributed by atoms with Crippen LogP contribution in [0.5, 0.6) is 0 Å². The van der Waals surface area contributed by atoms with Crippen molar-refractivity contribution < 1.29 is 63.4 Å². The fourth-order valence-electron chi connectivity index (χ4n) is 3.52. The largest absolute Gasteiger partial charge is 1.00 e. The van der Waals surface area contributed by atoms with Crippen molar-refractivity contribution in [3.05, 3.63) is 35.4 Å². The number of aromatic carboxylic acids is 1. The van der Waals surface area contributed by atoms with E-state index < -0.39 is 17.9 Å². The molecule has 0 heterocycles. The summed E-state index contributed by atoms with van der Waals surface area (Å²) in [6.45, 7) is 6.46. The predicted octanol–water partition coefficient (Wildman–Crippen LogP) is 2.40. The molecule has 0 aromatic heterocycles. The summed E-state index contributed by atoms with van der Waals surface area (Å²) >= 11 is 1.50. The smallest absolute Gasteiger partial charge is 1.00 e. The van der Waals surface area contributed by atoms with E-state index in [0.29, 0.717) is 12.5 Å². The molecule has 0 radical (unpaired) electrons. The third kappa shape index (κ3) is 29.7. The van der Waals surface area contributed by atoms with Crippen molar-refractivity contribution in [3.8, 4) is 0 Å². The quantitative estimate of drug-likeness (QED) is 0.112. The van der Waals surface area contributed by atoms with Crippen LogP contribution in [0.4, 0.5) is 0 Å². The van der Waals surface area contributed by atoms with Gasteiger partial charge in [-0.3, -0.25) is 4.79 Å². The molecule has 0 spiro atoms. The van der Waals surface area contributed by atoms with E-state index in [1.54, 1.807) is 0 Å². The molecule has 0 atom stereocenters. The Morgan fingerprint density at radius 2 is 1.00 bits per heavy atom. The van der Waals surface area contributed by atoms with Crippen molar-refractivity contribution in [2.45, 2.75) is 124 Å². The first-order chi connectivity index (χ1) is 18.6. The molecule has 0 N–H and O–H groups in total. The van der Waals surface area contributed by atoms with E-state index in [1.165, 1.54) is 62.8 Å². The summed E-state index contributed by atoms with van der Waals surface area (Å²) in [6.07, 6.45) is 16.5. The minimum Gasteiger partial charge on any atom is 1.00 e. The third-order valence-corrected chi connectivity index (χ3v) is 6.82. The molecule has 0 saturated carbocycles. The average molecular weight is 587 g/mol. The van der Waals surface area contributed by atoms with Gasteiger partial charge in [-0.1, -0.05) is 50.8 Å². The summed E-state index contributed by atoms with van der Waals surface area (Å²) < 4.78 is 5.59. The Morgan fingerprint density at radius 1 is 0.625 bits per heavy atom. The van der Waals surface area contributed by atoms with Crippen molar-refractivity contribution in [1.82, 2.24) is 0 Å². The minimum atomic E-state index is -1.48. The molecule has 0 saturated heterocycles. The maximum atomic E-state index is 11.8. The predicted molar refractivity (Wildman–Crippen MR) is 154 cm³/mol. The van der Waals surface area contributed by atoms with E-state index in [2.05, 4.69) is 25.5 Å². The molecule has 40 heavy (non-hydrogen) atoms. The second-order valence-electron chi connectivity index (χ2n) is 9.78. The second kappa shape index (κ2) is 32.1. The first kappa shape index (κ1) is 44.6. The van der Waals surface area contributed by atoms with Crippen LogP contribution in [-0.4, -0.2) is 79.8 Å². The van der Waals surface area contributed by atoms with E-state index in [0.717, 1.165) is 107 Å². The monoisotopic (exact) mass is 586 g/mol. The number of esters is 2. The van der Waals surface area contributed by atoms with Gasteiger partial charge in [0, 0.05) is 12.0 Å². The van der Waals surface area contributed by atoms with Crippen molar-refractivity contribution in [2.75, 3.05) is 0 Å². The number of carbonyl (C=O) groups is 5. The zero-order valence-corrected chi connectivity index (χ0v) is 32.0. The van der Waals surface area contributed by atoms with Crippen LogP contribution in [-0.2, 0) is 19.1 Å². The van der Waals surface area contributed by atoms with Gasteiger partial charge in [0.15, 0.2) is 0 Å². The summed E-state index contributed by atoms with van der Waals surface area (Å²) in [5, 5.41) is 10.9. The average Bonchev–Trinajstić information content (AvgIpc) is 2.89. The molecule has 1 rings (SSSR count). The number of ether oxygens (including phenoxy) is 1. The Hall–Kier alpha value is 0.170.